The van der Waals surface area contributed by atoms with Gasteiger partial charge in [-0.25, -0.2) is 8.42 Å². The Kier molecular flexibility index (Phi) is 6.51. The minimum absolute atomic E-state index is 0.107. The minimum atomic E-state index is -3.65. The molecule has 29 heavy (non-hydrogen) atoms. The molecule has 1 heterocycles. The first-order valence-electron chi connectivity index (χ1n) is 8.93. The summed E-state index contributed by atoms with van der Waals surface area (Å²) < 4.78 is 32.0. The second kappa shape index (κ2) is 8.89. The Morgan fingerprint density at radius 2 is 1.76 bits per heavy atom. The maximum absolute atomic E-state index is 12.7. The van der Waals surface area contributed by atoms with E-state index >= 15 is 0 Å². The predicted octanol–water partition coefficient (Wildman–Crippen LogP) is 3.39. The van der Waals surface area contributed by atoms with Gasteiger partial charge in [-0.3, -0.25) is 14.9 Å². The highest BCUT2D eigenvalue weighted by Gasteiger charge is 2.33. The Bertz CT molecular complexity index is 1000. The molecule has 0 aliphatic carbocycles. The molecule has 0 saturated carbocycles. The average Bonchev–Trinajstić information content (AvgIpc) is 2.72. The van der Waals surface area contributed by atoms with Crippen LogP contribution >= 0.6 is 11.6 Å². The van der Waals surface area contributed by atoms with Crippen molar-refractivity contribution >= 4 is 33.3 Å². The molecule has 1 aliphatic rings. The number of nitro groups is 1. The first-order chi connectivity index (χ1) is 13.8. The first kappa shape index (κ1) is 21.2. The van der Waals surface area contributed by atoms with Crippen molar-refractivity contribution in [3.8, 4) is 0 Å². The second-order valence-electron chi connectivity index (χ2n) is 6.63. The Balaban J connectivity index is 1.57. The number of carbonyl (C=O) groups is 1. The summed E-state index contributed by atoms with van der Waals surface area (Å²) in [5.74, 6) is -0.930. The molecule has 3 rings (SSSR count). The van der Waals surface area contributed by atoms with Gasteiger partial charge in [0.25, 0.3) is 5.69 Å². The van der Waals surface area contributed by atoms with Gasteiger partial charge < -0.3 is 4.74 Å². The number of esters is 1. The van der Waals surface area contributed by atoms with Crippen LogP contribution in [0.4, 0.5) is 5.69 Å². The monoisotopic (exact) mass is 438 g/mol. The maximum atomic E-state index is 12.7. The lowest BCUT2D eigenvalue weighted by Crippen LogP contribution is -2.40. The summed E-state index contributed by atoms with van der Waals surface area (Å²) in [5, 5.41) is 11.5. The van der Waals surface area contributed by atoms with Crippen molar-refractivity contribution < 1.29 is 22.9 Å². The lowest BCUT2D eigenvalue weighted by molar-refractivity contribution is -0.385. The van der Waals surface area contributed by atoms with Crippen LogP contribution in [0.15, 0.2) is 53.4 Å². The molecule has 0 N–H and O–H groups in total. The molecule has 0 unspecified atom stereocenters. The summed E-state index contributed by atoms with van der Waals surface area (Å²) in [6.45, 7) is 0.186. The third kappa shape index (κ3) is 4.92. The number of nitro benzene ring substituents is 1. The number of rotatable bonds is 6. The van der Waals surface area contributed by atoms with Crippen LogP contribution in [0.5, 0.6) is 0 Å². The van der Waals surface area contributed by atoms with Crippen molar-refractivity contribution in [2.75, 3.05) is 13.1 Å². The molecule has 0 radical (unpaired) electrons. The van der Waals surface area contributed by atoms with Gasteiger partial charge in [-0.15, -0.1) is 0 Å². The predicted molar refractivity (Wildman–Crippen MR) is 106 cm³/mol. The van der Waals surface area contributed by atoms with Crippen molar-refractivity contribution in [3.05, 3.63) is 69.2 Å². The summed E-state index contributed by atoms with van der Waals surface area (Å²) in [7, 11) is -3.65. The number of hydrogen-bond donors (Lipinski definition) is 0. The first-order valence-corrected chi connectivity index (χ1v) is 10.8. The van der Waals surface area contributed by atoms with Crippen molar-refractivity contribution in [2.24, 2.45) is 5.92 Å². The van der Waals surface area contributed by atoms with Gasteiger partial charge in [0.15, 0.2) is 0 Å². The number of piperidine rings is 1. The molecular weight excluding hydrogens is 420 g/mol. The lowest BCUT2D eigenvalue weighted by atomic mass is 9.98. The summed E-state index contributed by atoms with van der Waals surface area (Å²) in [6.07, 6.45) is 0.644. The molecule has 1 aliphatic heterocycles. The molecule has 1 fully saturated rings. The molecule has 0 bridgehead atoms. The van der Waals surface area contributed by atoms with E-state index in [0.717, 1.165) is 0 Å². The normalized spacial score (nSPS) is 15.8. The largest absolute Gasteiger partial charge is 0.460 e. The van der Waals surface area contributed by atoms with Crippen LogP contribution in [0.1, 0.15) is 18.4 Å². The third-order valence-corrected chi connectivity index (χ3v) is 6.96. The molecule has 154 valence electrons. The number of ether oxygens (including phenoxy) is 1. The number of sulfonamides is 1. The Morgan fingerprint density at radius 3 is 2.38 bits per heavy atom. The average molecular weight is 439 g/mol. The topological polar surface area (TPSA) is 107 Å². The number of carbonyl (C=O) groups excluding carboxylic acids is 1. The van der Waals surface area contributed by atoms with E-state index in [-0.39, 0.29) is 30.3 Å². The minimum Gasteiger partial charge on any atom is -0.460 e. The SMILES string of the molecule is O=C(OCc1ccccc1[N+](=O)[O-])C1CCN(S(=O)(=O)c2ccc(Cl)cc2)CC1. The quantitative estimate of drug-likeness (QED) is 0.388. The highest BCUT2D eigenvalue weighted by atomic mass is 35.5. The summed E-state index contributed by atoms with van der Waals surface area (Å²) >= 11 is 5.81. The zero-order valence-corrected chi connectivity index (χ0v) is 16.9. The van der Waals surface area contributed by atoms with E-state index in [1.54, 1.807) is 12.1 Å². The number of nitrogens with zero attached hydrogens (tertiary/aromatic N) is 2. The van der Waals surface area contributed by atoms with Crippen molar-refractivity contribution in [1.82, 2.24) is 4.31 Å². The van der Waals surface area contributed by atoms with Gasteiger partial charge in [-0.05, 0) is 43.2 Å². The van der Waals surface area contributed by atoms with Gasteiger partial charge in [-0.2, -0.15) is 4.31 Å². The van der Waals surface area contributed by atoms with E-state index in [4.69, 9.17) is 16.3 Å². The van der Waals surface area contributed by atoms with Crippen LogP contribution in [-0.2, 0) is 26.2 Å². The van der Waals surface area contributed by atoms with E-state index in [9.17, 15) is 23.3 Å². The van der Waals surface area contributed by atoms with Gasteiger partial charge >= 0.3 is 5.97 Å². The number of para-hydroxylation sites is 1. The fraction of sp³-hybridized carbons (Fsp3) is 0.316. The molecule has 0 atom stereocenters. The molecule has 8 nitrogen and oxygen atoms in total. The van der Waals surface area contributed by atoms with Crippen LogP contribution in [0.3, 0.4) is 0 Å². The van der Waals surface area contributed by atoms with E-state index in [2.05, 4.69) is 0 Å². The maximum Gasteiger partial charge on any atom is 0.309 e. The van der Waals surface area contributed by atoms with Crippen molar-refractivity contribution in [2.45, 2.75) is 24.3 Å². The zero-order chi connectivity index (χ0) is 21.0. The fourth-order valence-corrected chi connectivity index (χ4v) is 4.76. The Labute approximate surface area is 173 Å². The molecule has 10 heteroatoms. The summed E-state index contributed by atoms with van der Waals surface area (Å²) in [6, 6.07) is 12.0. The highest BCUT2D eigenvalue weighted by molar-refractivity contribution is 7.89. The molecule has 0 spiro atoms. The molecular formula is C19H19ClN2O6S. The molecule has 0 amide bonds. The van der Waals surface area contributed by atoms with Crippen LogP contribution in [0, 0.1) is 16.0 Å². The van der Waals surface area contributed by atoms with E-state index in [1.807, 2.05) is 0 Å². The number of halogens is 1. The van der Waals surface area contributed by atoms with E-state index < -0.39 is 26.8 Å². The van der Waals surface area contributed by atoms with Crippen LogP contribution in [0.25, 0.3) is 0 Å². The molecule has 2 aromatic carbocycles. The van der Waals surface area contributed by atoms with E-state index in [1.165, 1.54) is 40.7 Å². The smallest absolute Gasteiger partial charge is 0.309 e. The van der Waals surface area contributed by atoms with Crippen LogP contribution in [0.2, 0.25) is 5.02 Å². The Morgan fingerprint density at radius 1 is 1.14 bits per heavy atom. The Hall–Kier alpha value is -2.49. The van der Waals surface area contributed by atoms with E-state index in [0.29, 0.717) is 23.4 Å². The fourth-order valence-electron chi connectivity index (χ4n) is 3.17. The zero-order valence-electron chi connectivity index (χ0n) is 15.4. The van der Waals surface area contributed by atoms with Gasteiger partial charge in [0, 0.05) is 24.2 Å². The van der Waals surface area contributed by atoms with Crippen LogP contribution < -0.4 is 0 Å². The summed E-state index contributed by atoms with van der Waals surface area (Å²) in [5.41, 5.74) is 0.206. The number of hydrogen-bond acceptors (Lipinski definition) is 6. The summed E-state index contributed by atoms with van der Waals surface area (Å²) in [4.78, 5) is 23.0. The van der Waals surface area contributed by atoms with Gasteiger partial charge in [0.1, 0.15) is 6.61 Å². The van der Waals surface area contributed by atoms with Crippen molar-refractivity contribution in [1.29, 1.82) is 0 Å². The molecule has 1 saturated heterocycles. The van der Waals surface area contributed by atoms with Gasteiger partial charge in [0.2, 0.25) is 10.0 Å². The van der Waals surface area contributed by atoms with Crippen molar-refractivity contribution in [3.63, 3.8) is 0 Å². The molecule has 0 aromatic heterocycles. The standard InChI is InChI=1S/C19H19ClN2O6S/c20-16-5-7-17(8-6-16)29(26,27)21-11-9-14(10-12-21)19(23)28-13-15-3-1-2-4-18(15)22(24)25/h1-8,14H,9-13H2. The van der Waals surface area contributed by atoms with Gasteiger partial charge in [-0.1, -0.05) is 23.7 Å². The van der Waals surface area contributed by atoms with Crippen LogP contribution in [-0.4, -0.2) is 36.7 Å². The lowest BCUT2D eigenvalue weighted by Gasteiger charge is -2.30. The molecule has 2 aromatic rings. The highest BCUT2D eigenvalue weighted by Crippen LogP contribution is 2.26. The third-order valence-electron chi connectivity index (χ3n) is 4.80. The second-order valence-corrected chi connectivity index (χ2v) is 9.00. The number of benzene rings is 2. The van der Waals surface area contributed by atoms with Gasteiger partial charge in [0.05, 0.1) is 21.3 Å².